The first-order chi connectivity index (χ1) is 8.15. The SMILES string of the molecule is C=C(CCC)C(=O)ON(CCCC)CCCC. The number of unbranched alkanes of at least 4 members (excludes halogenated alkanes) is 2. The monoisotopic (exact) mass is 241 g/mol. The lowest BCUT2D eigenvalue weighted by Gasteiger charge is -2.21. The molecule has 0 N–H and O–H groups in total. The molecule has 0 aromatic rings. The fourth-order valence-electron chi connectivity index (χ4n) is 1.46. The van der Waals surface area contributed by atoms with Crippen molar-refractivity contribution >= 4 is 5.97 Å². The van der Waals surface area contributed by atoms with E-state index >= 15 is 0 Å². The van der Waals surface area contributed by atoms with Crippen molar-refractivity contribution in [3.05, 3.63) is 12.2 Å². The second-order valence-corrected chi connectivity index (χ2v) is 4.37. The predicted octanol–water partition coefficient (Wildman–Crippen LogP) is 3.70. The molecule has 0 unspecified atom stereocenters. The van der Waals surface area contributed by atoms with Gasteiger partial charge in [0.25, 0.3) is 0 Å². The molecule has 0 fully saturated rings. The summed E-state index contributed by atoms with van der Waals surface area (Å²) in [5, 5.41) is 1.79. The second-order valence-electron chi connectivity index (χ2n) is 4.37. The highest BCUT2D eigenvalue weighted by atomic mass is 16.7. The van der Waals surface area contributed by atoms with E-state index in [-0.39, 0.29) is 5.97 Å². The molecule has 3 heteroatoms. The van der Waals surface area contributed by atoms with Crippen molar-refractivity contribution in [1.82, 2.24) is 5.06 Å². The molecule has 0 aliphatic rings. The normalized spacial score (nSPS) is 10.6. The molecule has 100 valence electrons. The number of hydrogen-bond acceptors (Lipinski definition) is 3. The minimum Gasteiger partial charge on any atom is -0.364 e. The summed E-state index contributed by atoms with van der Waals surface area (Å²) in [6, 6.07) is 0. The quantitative estimate of drug-likeness (QED) is 0.431. The van der Waals surface area contributed by atoms with Crippen LogP contribution >= 0.6 is 0 Å². The van der Waals surface area contributed by atoms with Crippen molar-refractivity contribution in [3.8, 4) is 0 Å². The molecule has 17 heavy (non-hydrogen) atoms. The van der Waals surface area contributed by atoms with Crippen molar-refractivity contribution in [3.63, 3.8) is 0 Å². The first-order valence-electron chi connectivity index (χ1n) is 6.80. The minimum atomic E-state index is -0.265. The van der Waals surface area contributed by atoms with Gasteiger partial charge in [0.1, 0.15) is 0 Å². The van der Waals surface area contributed by atoms with E-state index in [0.717, 1.165) is 45.2 Å². The highest BCUT2D eigenvalue weighted by molar-refractivity contribution is 5.87. The van der Waals surface area contributed by atoms with Gasteiger partial charge in [-0.15, -0.1) is 5.06 Å². The summed E-state index contributed by atoms with van der Waals surface area (Å²) in [5.74, 6) is -0.265. The van der Waals surface area contributed by atoms with E-state index < -0.39 is 0 Å². The van der Waals surface area contributed by atoms with E-state index in [9.17, 15) is 4.79 Å². The highest BCUT2D eigenvalue weighted by Gasteiger charge is 2.13. The van der Waals surface area contributed by atoms with Gasteiger partial charge in [-0.3, -0.25) is 0 Å². The van der Waals surface area contributed by atoms with Crippen molar-refractivity contribution in [2.45, 2.75) is 59.3 Å². The van der Waals surface area contributed by atoms with Crippen LogP contribution in [-0.4, -0.2) is 24.1 Å². The van der Waals surface area contributed by atoms with Crippen LogP contribution in [0.5, 0.6) is 0 Å². The van der Waals surface area contributed by atoms with Crippen molar-refractivity contribution in [2.24, 2.45) is 0 Å². The number of hydroxylamine groups is 2. The molecule has 0 atom stereocenters. The van der Waals surface area contributed by atoms with E-state index in [1.807, 2.05) is 6.92 Å². The summed E-state index contributed by atoms with van der Waals surface area (Å²) in [7, 11) is 0. The molecule has 0 saturated carbocycles. The number of hydrogen-bond donors (Lipinski definition) is 0. The molecule has 0 aliphatic carbocycles. The first-order valence-corrected chi connectivity index (χ1v) is 6.80. The van der Waals surface area contributed by atoms with Gasteiger partial charge in [0.2, 0.25) is 0 Å². The summed E-state index contributed by atoms with van der Waals surface area (Å²) in [6.07, 6.45) is 5.97. The van der Waals surface area contributed by atoms with Gasteiger partial charge < -0.3 is 4.84 Å². The largest absolute Gasteiger partial charge is 0.364 e. The van der Waals surface area contributed by atoms with Gasteiger partial charge in [0.15, 0.2) is 0 Å². The van der Waals surface area contributed by atoms with Crippen molar-refractivity contribution in [1.29, 1.82) is 0 Å². The molecule has 0 saturated heterocycles. The Labute approximate surface area is 106 Å². The lowest BCUT2D eigenvalue weighted by molar-refractivity contribution is -0.186. The minimum absolute atomic E-state index is 0.265. The van der Waals surface area contributed by atoms with Gasteiger partial charge in [-0.2, -0.15) is 0 Å². The maximum atomic E-state index is 11.7. The van der Waals surface area contributed by atoms with E-state index in [2.05, 4.69) is 20.4 Å². The molecule has 0 amide bonds. The Kier molecular flexibility index (Phi) is 9.83. The zero-order valence-corrected chi connectivity index (χ0v) is 11.6. The molecule has 0 heterocycles. The van der Waals surface area contributed by atoms with Crippen LogP contribution in [-0.2, 0) is 9.63 Å². The molecule has 0 radical (unpaired) electrons. The van der Waals surface area contributed by atoms with Gasteiger partial charge in [-0.25, -0.2) is 4.79 Å². The summed E-state index contributed by atoms with van der Waals surface area (Å²) in [6.45, 7) is 11.7. The van der Waals surface area contributed by atoms with E-state index in [1.54, 1.807) is 5.06 Å². The zero-order valence-electron chi connectivity index (χ0n) is 11.6. The van der Waals surface area contributed by atoms with Gasteiger partial charge in [0, 0.05) is 18.7 Å². The average Bonchev–Trinajstić information content (AvgIpc) is 2.32. The standard InChI is InChI=1S/C14H27NO2/c1-5-8-11-15(12-9-6-2)17-14(16)13(4)10-7-3/h4-12H2,1-3H3. The number of carbonyl (C=O) groups excluding carboxylic acids is 1. The Morgan fingerprint density at radius 1 is 1.06 bits per heavy atom. The Bertz CT molecular complexity index is 218. The van der Waals surface area contributed by atoms with Gasteiger partial charge >= 0.3 is 5.97 Å². The van der Waals surface area contributed by atoms with Crippen LogP contribution in [0, 0.1) is 0 Å². The van der Waals surface area contributed by atoms with Crippen LogP contribution in [0.25, 0.3) is 0 Å². The van der Waals surface area contributed by atoms with Gasteiger partial charge in [0.05, 0.1) is 0 Å². The third-order valence-corrected chi connectivity index (χ3v) is 2.57. The van der Waals surface area contributed by atoms with E-state index in [1.165, 1.54) is 0 Å². The molecule has 0 rings (SSSR count). The Balaban J connectivity index is 4.10. The molecule has 0 aliphatic heterocycles. The second kappa shape index (κ2) is 10.3. The van der Waals surface area contributed by atoms with Crippen LogP contribution in [0.15, 0.2) is 12.2 Å². The third kappa shape index (κ3) is 7.97. The van der Waals surface area contributed by atoms with Gasteiger partial charge in [-0.1, -0.05) is 46.6 Å². The molecule has 0 aromatic heterocycles. The zero-order chi connectivity index (χ0) is 13.1. The van der Waals surface area contributed by atoms with E-state index in [4.69, 9.17) is 4.84 Å². The molecular weight excluding hydrogens is 214 g/mol. The Morgan fingerprint density at radius 2 is 1.59 bits per heavy atom. The molecular formula is C14H27NO2. The van der Waals surface area contributed by atoms with Crippen molar-refractivity contribution in [2.75, 3.05) is 13.1 Å². The summed E-state index contributed by atoms with van der Waals surface area (Å²) in [4.78, 5) is 17.1. The molecule has 0 spiro atoms. The van der Waals surface area contributed by atoms with Crippen LogP contribution in [0.3, 0.4) is 0 Å². The maximum Gasteiger partial charge on any atom is 0.352 e. The van der Waals surface area contributed by atoms with E-state index in [0.29, 0.717) is 12.0 Å². The Hall–Kier alpha value is -0.830. The molecule has 0 bridgehead atoms. The number of nitrogens with zero attached hydrogens (tertiary/aromatic N) is 1. The fourth-order valence-corrected chi connectivity index (χ4v) is 1.46. The lowest BCUT2D eigenvalue weighted by Crippen LogP contribution is -2.30. The smallest absolute Gasteiger partial charge is 0.352 e. The average molecular weight is 241 g/mol. The van der Waals surface area contributed by atoms with Gasteiger partial charge in [-0.05, 0) is 19.3 Å². The molecule has 0 aromatic carbocycles. The van der Waals surface area contributed by atoms with Crippen LogP contribution in [0.4, 0.5) is 0 Å². The van der Waals surface area contributed by atoms with Crippen LogP contribution in [0.1, 0.15) is 59.3 Å². The summed E-state index contributed by atoms with van der Waals surface area (Å²) < 4.78 is 0. The highest BCUT2D eigenvalue weighted by Crippen LogP contribution is 2.07. The third-order valence-electron chi connectivity index (χ3n) is 2.57. The number of rotatable bonds is 10. The summed E-state index contributed by atoms with van der Waals surface area (Å²) >= 11 is 0. The Morgan fingerprint density at radius 3 is 2.00 bits per heavy atom. The topological polar surface area (TPSA) is 29.5 Å². The van der Waals surface area contributed by atoms with Crippen LogP contribution < -0.4 is 0 Å². The lowest BCUT2D eigenvalue weighted by atomic mass is 10.2. The predicted molar refractivity (Wildman–Crippen MR) is 71.5 cm³/mol. The van der Waals surface area contributed by atoms with Crippen molar-refractivity contribution < 1.29 is 9.63 Å². The fraction of sp³-hybridized carbons (Fsp3) is 0.786. The molecule has 3 nitrogen and oxygen atoms in total. The summed E-state index contributed by atoms with van der Waals surface area (Å²) in [5.41, 5.74) is 0.575. The first kappa shape index (κ1) is 16.2. The maximum absolute atomic E-state index is 11.7. The van der Waals surface area contributed by atoms with Crippen LogP contribution in [0.2, 0.25) is 0 Å². The number of carbonyl (C=O) groups is 1.